The lowest BCUT2D eigenvalue weighted by molar-refractivity contribution is -0.145. The molecule has 0 fully saturated rings. The monoisotopic (exact) mass is 582 g/mol. The molecule has 10 heteroatoms. The number of hydrogen-bond donors (Lipinski definition) is 2. The van der Waals surface area contributed by atoms with Gasteiger partial charge in [-0.25, -0.2) is 4.79 Å². The number of thiol groups is 1. The third-order valence-corrected chi connectivity index (χ3v) is 5.37. The van der Waals surface area contributed by atoms with Crippen molar-refractivity contribution >= 4 is 30.4 Å². The van der Waals surface area contributed by atoms with Crippen LogP contribution in [0.15, 0.2) is 47.4 Å². The molecule has 0 bridgehead atoms. The Balaban J connectivity index is -0.00000140. The molecule has 5 nitrogen and oxygen atoms in total. The summed E-state index contributed by atoms with van der Waals surface area (Å²) < 4.78 is 53.7. The fourth-order valence-electron chi connectivity index (χ4n) is 2.48. The first kappa shape index (κ1) is 40.5. The molecular weight excluding hydrogens is 537 g/mol. The summed E-state index contributed by atoms with van der Waals surface area (Å²) in [5.41, 5.74) is 0.224. The molecule has 0 aliphatic rings. The van der Waals surface area contributed by atoms with Gasteiger partial charge in [0.25, 0.3) is 0 Å². The topological polar surface area (TPSA) is 65.0 Å². The summed E-state index contributed by atoms with van der Waals surface area (Å²) in [6.07, 6.45) is -2.65. The lowest BCUT2D eigenvalue weighted by Gasteiger charge is -2.14. The molecule has 1 N–H and O–H groups in total. The number of ether oxygens (including phenoxy) is 3. The van der Waals surface area contributed by atoms with Crippen molar-refractivity contribution in [2.24, 2.45) is 5.92 Å². The van der Waals surface area contributed by atoms with Crippen LogP contribution in [0.3, 0.4) is 0 Å². The van der Waals surface area contributed by atoms with Crippen LogP contribution in [-0.2, 0) is 15.7 Å². The van der Waals surface area contributed by atoms with E-state index in [0.717, 1.165) is 35.5 Å². The van der Waals surface area contributed by atoms with Crippen LogP contribution in [0.25, 0.3) is 0 Å². The lowest BCUT2D eigenvalue weighted by atomic mass is 10.2. The Morgan fingerprint density at radius 2 is 1.55 bits per heavy atom. The number of aryl methyl sites for hydroxylation is 1. The number of hydrogen-bond acceptors (Lipinski definition) is 7. The second-order valence-electron chi connectivity index (χ2n) is 6.77. The van der Waals surface area contributed by atoms with Crippen molar-refractivity contribution in [1.82, 2.24) is 0 Å². The van der Waals surface area contributed by atoms with E-state index in [9.17, 15) is 18.0 Å². The highest BCUT2D eigenvalue weighted by atomic mass is 32.2. The molecule has 1 unspecified atom stereocenters. The first-order valence-corrected chi connectivity index (χ1v) is 14.3. The summed E-state index contributed by atoms with van der Waals surface area (Å²) in [6, 6.07) is 10.4. The predicted octanol–water partition coefficient (Wildman–Crippen LogP) is 7.97. The van der Waals surface area contributed by atoms with Gasteiger partial charge in [-0.3, -0.25) is 0 Å². The highest BCUT2D eigenvalue weighted by Gasteiger charge is 2.30. The Morgan fingerprint density at radius 3 is 2.03 bits per heavy atom. The van der Waals surface area contributed by atoms with Crippen LogP contribution in [-0.4, -0.2) is 50.0 Å². The fourth-order valence-corrected chi connectivity index (χ4v) is 3.48. The first-order valence-electron chi connectivity index (χ1n) is 12.4. The summed E-state index contributed by atoms with van der Waals surface area (Å²) >= 11 is 5.18. The van der Waals surface area contributed by atoms with Gasteiger partial charge in [-0.2, -0.15) is 25.8 Å². The molecule has 0 amide bonds. The van der Waals surface area contributed by atoms with E-state index in [4.69, 9.17) is 19.3 Å². The smallest absolute Gasteiger partial charge is 0.416 e. The van der Waals surface area contributed by atoms with E-state index in [0.29, 0.717) is 24.7 Å². The van der Waals surface area contributed by atoms with Gasteiger partial charge >= 0.3 is 12.1 Å². The lowest BCUT2D eigenvalue weighted by Crippen LogP contribution is -2.15. The Kier molecular flexibility index (Phi) is 26.9. The van der Waals surface area contributed by atoms with Gasteiger partial charge in [-0.1, -0.05) is 34.6 Å². The molecule has 2 aromatic rings. The molecule has 1 atom stereocenters. The molecule has 0 radical (unpaired) electrons. The maximum Gasteiger partial charge on any atom is 0.416 e. The number of aliphatic hydroxyl groups excluding tert-OH is 1. The van der Waals surface area contributed by atoms with Crippen LogP contribution in [0.1, 0.15) is 52.7 Å². The molecule has 38 heavy (non-hydrogen) atoms. The zero-order chi connectivity index (χ0) is 30.1. The number of alkyl halides is 3. The van der Waals surface area contributed by atoms with E-state index in [1.165, 1.54) is 12.1 Å². The largest absolute Gasteiger partial charge is 0.493 e. The highest BCUT2D eigenvalue weighted by Crippen LogP contribution is 2.31. The van der Waals surface area contributed by atoms with Gasteiger partial charge in [0, 0.05) is 17.8 Å². The van der Waals surface area contributed by atoms with Crippen LogP contribution in [0.5, 0.6) is 11.5 Å². The number of carbonyl (C=O) groups is 1. The van der Waals surface area contributed by atoms with E-state index >= 15 is 0 Å². The van der Waals surface area contributed by atoms with E-state index in [1.807, 2.05) is 59.7 Å². The van der Waals surface area contributed by atoms with Crippen molar-refractivity contribution in [2.75, 3.05) is 38.9 Å². The SMILES string of the molecule is CC.CC.CCOC(=O)COc1ccc(SCC(C)COc2ccc(C(F)(F)F)cc2)cc1C.CO.CS. The molecule has 2 rings (SSSR count). The number of carbonyl (C=O) groups excluding carboxylic acids is 1. The fraction of sp³-hybridized carbons (Fsp3) is 0.536. The molecule has 220 valence electrons. The summed E-state index contributed by atoms with van der Waals surface area (Å²) in [5.74, 6) is 1.61. The summed E-state index contributed by atoms with van der Waals surface area (Å²) in [7, 11) is 1.00. The van der Waals surface area contributed by atoms with Crippen molar-refractivity contribution < 1.29 is 37.3 Å². The molecular formula is C28H45F3O5S2. The third kappa shape index (κ3) is 18.3. The van der Waals surface area contributed by atoms with Gasteiger partial charge in [0.1, 0.15) is 11.5 Å². The second-order valence-corrected chi connectivity index (χ2v) is 7.86. The number of benzene rings is 2. The number of aliphatic hydroxyl groups is 1. The van der Waals surface area contributed by atoms with E-state index in [2.05, 4.69) is 12.6 Å². The van der Waals surface area contributed by atoms with E-state index in [-0.39, 0.29) is 12.5 Å². The minimum Gasteiger partial charge on any atom is -0.493 e. The van der Waals surface area contributed by atoms with Crippen LogP contribution in [0.2, 0.25) is 0 Å². The Labute approximate surface area is 236 Å². The van der Waals surface area contributed by atoms with Crippen molar-refractivity contribution in [3.8, 4) is 11.5 Å². The zero-order valence-electron chi connectivity index (χ0n) is 24.0. The average molecular weight is 583 g/mol. The molecule has 2 aromatic carbocycles. The minimum atomic E-state index is -4.35. The van der Waals surface area contributed by atoms with Gasteiger partial charge < -0.3 is 19.3 Å². The van der Waals surface area contributed by atoms with Crippen LogP contribution >= 0.6 is 24.4 Å². The Hall–Kier alpha value is -2.04. The van der Waals surface area contributed by atoms with E-state index in [1.54, 1.807) is 24.9 Å². The number of halogens is 3. The van der Waals surface area contributed by atoms with Crippen molar-refractivity contribution in [3.63, 3.8) is 0 Å². The molecule has 0 saturated carbocycles. The van der Waals surface area contributed by atoms with Crippen molar-refractivity contribution in [1.29, 1.82) is 0 Å². The minimum absolute atomic E-state index is 0.126. The summed E-state index contributed by atoms with van der Waals surface area (Å²) in [5, 5.41) is 7.00. The van der Waals surface area contributed by atoms with Crippen molar-refractivity contribution in [3.05, 3.63) is 53.6 Å². The molecule has 0 spiro atoms. The zero-order valence-corrected chi connectivity index (χ0v) is 25.7. The van der Waals surface area contributed by atoms with Crippen LogP contribution in [0.4, 0.5) is 13.2 Å². The van der Waals surface area contributed by atoms with Crippen LogP contribution < -0.4 is 9.47 Å². The quantitative estimate of drug-likeness (QED) is 0.168. The maximum atomic E-state index is 12.6. The molecule has 0 aromatic heterocycles. The Morgan fingerprint density at radius 1 is 1.00 bits per heavy atom. The first-order chi connectivity index (χ1) is 18.2. The maximum absolute atomic E-state index is 12.6. The number of thioether (sulfide) groups is 1. The van der Waals surface area contributed by atoms with Gasteiger partial charge in [0.05, 0.1) is 18.8 Å². The van der Waals surface area contributed by atoms with Gasteiger partial charge in [-0.15, -0.1) is 11.8 Å². The normalized spacial score (nSPS) is 10.4. The molecule has 0 saturated heterocycles. The molecule has 0 heterocycles. The predicted molar refractivity (Wildman–Crippen MR) is 156 cm³/mol. The molecule has 0 aliphatic carbocycles. The van der Waals surface area contributed by atoms with Gasteiger partial charge in [0.15, 0.2) is 6.61 Å². The van der Waals surface area contributed by atoms with Gasteiger partial charge in [0.2, 0.25) is 0 Å². The summed E-state index contributed by atoms with van der Waals surface area (Å²) in [6.45, 7) is 14.3. The van der Waals surface area contributed by atoms with Gasteiger partial charge in [-0.05, 0) is 74.0 Å². The second kappa shape index (κ2) is 25.2. The van der Waals surface area contributed by atoms with Crippen molar-refractivity contribution in [2.45, 2.75) is 59.5 Å². The highest BCUT2D eigenvalue weighted by molar-refractivity contribution is 7.99. The molecule has 0 aliphatic heterocycles. The Bertz CT molecular complexity index is 832. The average Bonchev–Trinajstić information content (AvgIpc) is 2.94. The standard InChI is InChI=1S/C22H25F3O4S.2C2H6.CH4O.CH4S/c1-4-27-21(26)13-29-20-10-9-19(11-16(20)3)30-14-15(2)12-28-18-7-5-17(6-8-18)22(23,24)25;4*1-2/h5-11,15H,4,12-14H2,1-3H3;2*1-2H3;2*2H,1H3. The number of esters is 1. The van der Waals surface area contributed by atoms with E-state index < -0.39 is 17.7 Å². The third-order valence-electron chi connectivity index (χ3n) is 4.05. The number of rotatable bonds is 10. The summed E-state index contributed by atoms with van der Waals surface area (Å²) in [4.78, 5) is 12.4. The van der Waals surface area contributed by atoms with Crippen LogP contribution in [0, 0.1) is 12.8 Å².